The molecule has 24 heavy (non-hydrogen) atoms. The quantitative estimate of drug-likeness (QED) is 0.683. The van der Waals surface area contributed by atoms with Crippen LogP contribution in [0.1, 0.15) is 11.4 Å². The van der Waals surface area contributed by atoms with E-state index in [1.807, 2.05) is 42.0 Å². The zero-order valence-electron chi connectivity index (χ0n) is 13.2. The highest BCUT2D eigenvalue weighted by Crippen LogP contribution is 2.15. The van der Waals surface area contributed by atoms with Crippen molar-refractivity contribution in [1.29, 1.82) is 0 Å². The summed E-state index contributed by atoms with van der Waals surface area (Å²) in [6.07, 6.45) is 3.75. The largest absolute Gasteiger partial charge is 0.358 e. The highest BCUT2D eigenvalue weighted by Gasteiger charge is 2.02. The van der Waals surface area contributed by atoms with Gasteiger partial charge in [0.05, 0.1) is 0 Å². The van der Waals surface area contributed by atoms with Crippen LogP contribution in [0, 0.1) is 6.92 Å². The van der Waals surface area contributed by atoms with Gasteiger partial charge < -0.3 is 15.2 Å². The van der Waals surface area contributed by atoms with E-state index in [-0.39, 0.29) is 0 Å². The first kappa shape index (κ1) is 16.5. The minimum atomic E-state index is 0.562. The Labute approximate surface area is 151 Å². The molecule has 0 saturated heterocycles. The summed E-state index contributed by atoms with van der Waals surface area (Å²) in [4.78, 5) is 4.24. The molecule has 1 heterocycles. The topological polar surface area (TPSA) is 41.9 Å². The van der Waals surface area contributed by atoms with Crippen molar-refractivity contribution in [1.82, 2.24) is 14.9 Å². The summed E-state index contributed by atoms with van der Waals surface area (Å²) in [5.74, 6) is 0.966. The van der Waals surface area contributed by atoms with Crippen LogP contribution in [0.3, 0.4) is 0 Å². The van der Waals surface area contributed by atoms with Crippen LogP contribution in [0.4, 0.5) is 5.69 Å². The minimum absolute atomic E-state index is 0.562. The van der Waals surface area contributed by atoms with E-state index in [4.69, 9.17) is 23.8 Å². The van der Waals surface area contributed by atoms with Crippen molar-refractivity contribution >= 4 is 34.6 Å². The molecular weight excluding hydrogens is 340 g/mol. The second-order valence-electron chi connectivity index (χ2n) is 5.33. The van der Waals surface area contributed by atoms with Crippen molar-refractivity contribution in [2.45, 2.75) is 13.5 Å². The molecule has 0 fully saturated rings. The Morgan fingerprint density at radius 1 is 1.21 bits per heavy atom. The van der Waals surface area contributed by atoms with Crippen molar-refractivity contribution in [3.8, 4) is 5.69 Å². The molecule has 2 N–H and O–H groups in total. The summed E-state index contributed by atoms with van der Waals surface area (Å²) in [7, 11) is 0. The number of aromatic nitrogens is 2. The zero-order chi connectivity index (χ0) is 16.9. The van der Waals surface area contributed by atoms with Gasteiger partial charge in [-0.25, -0.2) is 4.98 Å². The van der Waals surface area contributed by atoms with Crippen molar-refractivity contribution in [2.75, 3.05) is 5.32 Å². The average molecular weight is 357 g/mol. The standard InChI is InChI=1S/C18H17ClN4S/c1-13-20-9-10-23(13)17-7-5-14(6-8-17)12-21-18(24)22-16-4-2-3-15(19)11-16/h2-11H,12H2,1H3,(H2,21,22,24). The van der Waals surface area contributed by atoms with Crippen molar-refractivity contribution < 1.29 is 0 Å². The maximum absolute atomic E-state index is 5.96. The lowest BCUT2D eigenvalue weighted by Crippen LogP contribution is -2.27. The Morgan fingerprint density at radius 2 is 2.00 bits per heavy atom. The lowest BCUT2D eigenvalue weighted by Gasteiger charge is -2.11. The molecule has 0 aliphatic rings. The van der Waals surface area contributed by atoms with Gasteiger partial charge in [-0.2, -0.15) is 0 Å². The van der Waals surface area contributed by atoms with Gasteiger partial charge in [0.1, 0.15) is 5.82 Å². The molecular formula is C18H17ClN4S. The average Bonchev–Trinajstić information content (AvgIpc) is 2.99. The molecule has 0 amide bonds. The summed E-state index contributed by atoms with van der Waals surface area (Å²) in [5.41, 5.74) is 3.10. The van der Waals surface area contributed by atoms with E-state index in [0.29, 0.717) is 16.7 Å². The van der Waals surface area contributed by atoms with Gasteiger partial charge in [-0.1, -0.05) is 29.8 Å². The monoisotopic (exact) mass is 356 g/mol. The second-order valence-corrected chi connectivity index (χ2v) is 6.17. The molecule has 4 nitrogen and oxygen atoms in total. The van der Waals surface area contributed by atoms with Crippen LogP contribution < -0.4 is 10.6 Å². The number of aryl methyl sites for hydroxylation is 1. The molecule has 2 aromatic carbocycles. The number of anilines is 1. The van der Waals surface area contributed by atoms with E-state index in [0.717, 1.165) is 22.8 Å². The third-order valence-corrected chi connectivity index (χ3v) is 4.06. The van der Waals surface area contributed by atoms with Crippen molar-refractivity contribution in [3.05, 3.63) is 77.3 Å². The number of benzene rings is 2. The number of nitrogens with one attached hydrogen (secondary N) is 2. The molecule has 3 aromatic rings. The predicted molar refractivity (Wildman–Crippen MR) is 103 cm³/mol. The Balaban J connectivity index is 1.57. The van der Waals surface area contributed by atoms with Crippen molar-refractivity contribution in [2.24, 2.45) is 0 Å². The number of hydrogen-bond donors (Lipinski definition) is 2. The Bertz CT molecular complexity index is 842. The highest BCUT2D eigenvalue weighted by molar-refractivity contribution is 7.80. The van der Waals surface area contributed by atoms with Crippen LogP contribution in [-0.4, -0.2) is 14.7 Å². The first-order chi connectivity index (χ1) is 11.6. The smallest absolute Gasteiger partial charge is 0.171 e. The molecule has 0 bridgehead atoms. The number of nitrogens with zero attached hydrogens (tertiary/aromatic N) is 2. The Hall–Kier alpha value is -2.37. The van der Waals surface area contributed by atoms with Gasteiger partial charge in [0.15, 0.2) is 5.11 Å². The molecule has 0 aliphatic heterocycles. The molecule has 0 radical (unpaired) electrons. The molecule has 0 unspecified atom stereocenters. The summed E-state index contributed by atoms with van der Waals surface area (Å²) >= 11 is 11.3. The van der Waals surface area contributed by atoms with E-state index in [9.17, 15) is 0 Å². The summed E-state index contributed by atoms with van der Waals surface area (Å²) in [5, 5.41) is 7.54. The first-order valence-electron chi connectivity index (χ1n) is 7.51. The molecule has 0 saturated carbocycles. The SMILES string of the molecule is Cc1nccn1-c1ccc(CNC(=S)Nc2cccc(Cl)c2)cc1. The molecule has 1 aromatic heterocycles. The highest BCUT2D eigenvalue weighted by atomic mass is 35.5. The van der Waals surface area contributed by atoms with Gasteiger partial charge in [-0.05, 0) is 55.0 Å². The lowest BCUT2D eigenvalue weighted by atomic mass is 10.2. The fourth-order valence-electron chi connectivity index (χ4n) is 2.35. The number of hydrogen-bond acceptors (Lipinski definition) is 2. The first-order valence-corrected chi connectivity index (χ1v) is 8.30. The fraction of sp³-hybridized carbons (Fsp3) is 0.111. The van der Waals surface area contributed by atoms with E-state index in [1.54, 1.807) is 6.20 Å². The van der Waals surface area contributed by atoms with Gasteiger partial charge in [0, 0.05) is 35.3 Å². The summed E-state index contributed by atoms with van der Waals surface area (Å²) in [6.45, 7) is 2.63. The number of halogens is 1. The Kier molecular flexibility index (Phi) is 5.13. The minimum Gasteiger partial charge on any atom is -0.358 e. The third-order valence-electron chi connectivity index (χ3n) is 3.58. The Morgan fingerprint density at radius 3 is 2.67 bits per heavy atom. The third kappa shape index (κ3) is 4.13. The molecule has 3 rings (SSSR count). The molecule has 122 valence electrons. The molecule has 0 atom stereocenters. The number of imidazole rings is 1. The number of thiocarbonyl (C=S) groups is 1. The summed E-state index contributed by atoms with van der Waals surface area (Å²) in [6, 6.07) is 15.7. The lowest BCUT2D eigenvalue weighted by molar-refractivity contribution is 0.920. The second kappa shape index (κ2) is 7.47. The molecule has 0 aliphatic carbocycles. The van der Waals surface area contributed by atoms with E-state index >= 15 is 0 Å². The maximum atomic E-state index is 5.96. The molecule has 0 spiro atoms. The van der Waals surface area contributed by atoms with E-state index < -0.39 is 0 Å². The molecule has 6 heteroatoms. The van der Waals surface area contributed by atoms with Crippen LogP contribution in [0.25, 0.3) is 5.69 Å². The maximum Gasteiger partial charge on any atom is 0.171 e. The predicted octanol–water partition coefficient (Wildman–Crippen LogP) is 4.32. The fourth-order valence-corrected chi connectivity index (χ4v) is 2.73. The van der Waals surface area contributed by atoms with Crippen LogP contribution in [0.5, 0.6) is 0 Å². The zero-order valence-corrected chi connectivity index (χ0v) is 14.7. The van der Waals surface area contributed by atoms with E-state index in [1.165, 1.54) is 0 Å². The number of rotatable bonds is 4. The van der Waals surface area contributed by atoms with Crippen LogP contribution >= 0.6 is 23.8 Å². The van der Waals surface area contributed by atoms with E-state index in [2.05, 4.69) is 39.9 Å². The van der Waals surface area contributed by atoms with Crippen LogP contribution in [0.2, 0.25) is 5.02 Å². The van der Waals surface area contributed by atoms with Gasteiger partial charge in [0.2, 0.25) is 0 Å². The van der Waals surface area contributed by atoms with Gasteiger partial charge in [0.25, 0.3) is 0 Å². The van der Waals surface area contributed by atoms with Crippen LogP contribution in [0.15, 0.2) is 60.9 Å². The van der Waals surface area contributed by atoms with Crippen LogP contribution in [-0.2, 0) is 6.54 Å². The summed E-state index contributed by atoms with van der Waals surface area (Å²) < 4.78 is 2.04. The van der Waals surface area contributed by atoms with Crippen molar-refractivity contribution in [3.63, 3.8) is 0 Å². The van der Waals surface area contributed by atoms with Gasteiger partial charge in [-0.15, -0.1) is 0 Å². The van der Waals surface area contributed by atoms with Gasteiger partial charge in [-0.3, -0.25) is 0 Å². The normalized spacial score (nSPS) is 10.4. The van der Waals surface area contributed by atoms with Gasteiger partial charge >= 0.3 is 0 Å².